The van der Waals surface area contributed by atoms with Crippen molar-refractivity contribution in [1.82, 2.24) is 10.6 Å². The van der Waals surface area contributed by atoms with E-state index in [1.807, 2.05) is 14.1 Å². The molecule has 0 saturated carbocycles. The first kappa shape index (κ1) is 19.5. The Morgan fingerprint density at radius 3 is 2.72 bits per heavy atom. The summed E-state index contributed by atoms with van der Waals surface area (Å²) in [5.74, 6) is 0.816. The zero-order valence-electron chi connectivity index (χ0n) is 15.8. The van der Waals surface area contributed by atoms with Gasteiger partial charge in [0.2, 0.25) is 0 Å². The van der Waals surface area contributed by atoms with Crippen molar-refractivity contribution in [3.05, 3.63) is 29.8 Å². The maximum atomic E-state index is 5.66. The topological polar surface area (TPSA) is 58.1 Å². The third-order valence-electron chi connectivity index (χ3n) is 4.22. The highest BCUT2D eigenvalue weighted by Gasteiger charge is 2.14. The second-order valence-electron chi connectivity index (χ2n) is 6.48. The summed E-state index contributed by atoms with van der Waals surface area (Å²) >= 11 is 0. The summed E-state index contributed by atoms with van der Waals surface area (Å²) in [5.41, 5.74) is 2.43. The van der Waals surface area contributed by atoms with E-state index in [-0.39, 0.29) is 0 Å². The first-order chi connectivity index (χ1) is 12.2. The third-order valence-corrected chi connectivity index (χ3v) is 4.22. The van der Waals surface area contributed by atoms with Crippen LogP contribution in [0.4, 0.5) is 5.69 Å². The van der Waals surface area contributed by atoms with E-state index in [1.165, 1.54) is 11.3 Å². The maximum Gasteiger partial charge on any atom is 0.191 e. The van der Waals surface area contributed by atoms with Crippen molar-refractivity contribution in [2.45, 2.75) is 31.9 Å². The van der Waals surface area contributed by atoms with Crippen LogP contribution in [0.2, 0.25) is 0 Å². The number of hydrogen-bond acceptors (Lipinski definition) is 4. The molecule has 0 radical (unpaired) electrons. The summed E-state index contributed by atoms with van der Waals surface area (Å²) in [6, 6.07) is 8.51. The molecule has 0 spiro atoms. The number of aliphatic imine (C=N–C) groups is 1. The van der Waals surface area contributed by atoms with Crippen molar-refractivity contribution >= 4 is 11.6 Å². The van der Waals surface area contributed by atoms with E-state index in [2.05, 4.69) is 44.8 Å². The van der Waals surface area contributed by atoms with Crippen LogP contribution in [-0.2, 0) is 16.0 Å². The van der Waals surface area contributed by atoms with Gasteiger partial charge in [-0.1, -0.05) is 12.1 Å². The smallest absolute Gasteiger partial charge is 0.191 e. The highest BCUT2D eigenvalue weighted by Crippen LogP contribution is 2.12. The summed E-state index contributed by atoms with van der Waals surface area (Å²) in [7, 11) is 5.88. The number of benzene rings is 1. The molecule has 1 saturated heterocycles. The molecule has 1 aliphatic heterocycles. The van der Waals surface area contributed by atoms with Crippen LogP contribution in [0.3, 0.4) is 0 Å². The molecule has 2 N–H and O–H groups in total. The number of nitrogens with one attached hydrogen (secondary N) is 2. The van der Waals surface area contributed by atoms with Gasteiger partial charge < -0.3 is 25.0 Å². The minimum Gasteiger partial charge on any atom is -0.379 e. The number of hydrogen-bond donors (Lipinski definition) is 2. The summed E-state index contributed by atoms with van der Waals surface area (Å²) in [5, 5.41) is 6.65. The van der Waals surface area contributed by atoms with E-state index in [1.54, 1.807) is 7.05 Å². The van der Waals surface area contributed by atoms with Gasteiger partial charge in [0.05, 0.1) is 12.7 Å². The van der Waals surface area contributed by atoms with Crippen LogP contribution in [0.1, 0.15) is 24.8 Å². The molecule has 1 fully saturated rings. The lowest BCUT2D eigenvalue weighted by molar-refractivity contribution is 0.0168. The van der Waals surface area contributed by atoms with E-state index in [9.17, 15) is 0 Å². The van der Waals surface area contributed by atoms with Crippen molar-refractivity contribution in [2.24, 2.45) is 4.99 Å². The molecular formula is C19H32N4O2. The monoisotopic (exact) mass is 348 g/mol. The Morgan fingerprint density at radius 1 is 1.28 bits per heavy atom. The molecule has 0 bridgehead atoms. The molecule has 6 heteroatoms. The molecule has 2 rings (SSSR count). The molecule has 0 unspecified atom stereocenters. The molecule has 1 heterocycles. The minimum atomic E-state index is 0.307. The van der Waals surface area contributed by atoms with Gasteiger partial charge in [-0.15, -0.1) is 0 Å². The molecule has 25 heavy (non-hydrogen) atoms. The fourth-order valence-corrected chi connectivity index (χ4v) is 2.69. The third kappa shape index (κ3) is 7.32. The lowest BCUT2D eigenvalue weighted by Gasteiger charge is -2.14. The molecule has 1 atom stereocenters. The normalized spacial score (nSPS) is 17.6. The number of rotatable bonds is 9. The molecule has 1 aliphatic rings. The minimum absolute atomic E-state index is 0.307. The molecule has 0 aliphatic carbocycles. The van der Waals surface area contributed by atoms with Crippen LogP contribution in [0.5, 0.6) is 0 Å². The van der Waals surface area contributed by atoms with Crippen molar-refractivity contribution in [3.63, 3.8) is 0 Å². The number of guanidine groups is 1. The van der Waals surface area contributed by atoms with E-state index in [0.29, 0.717) is 6.10 Å². The van der Waals surface area contributed by atoms with E-state index in [4.69, 9.17) is 9.47 Å². The fourth-order valence-electron chi connectivity index (χ4n) is 2.69. The molecular weight excluding hydrogens is 316 g/mol. The van der Waals surface area contributed by atoms with Gasteiger partial charge in [0.1, 0.15) is 0 Å². The van der Waals surface area contributed by atoms with E-state index in [0.717, 1.165) is 58.1 Å². The van der Waals surface area contributed by atoms with Gasteiger partial charge in [-0.25, -0.2) is 0 Å². The Bertz CT molecular complexity index is 511. The molecule has 6 nitrogen and oxygen atoms in total. The zero-order chi connectivity index (χ0) is 17.9. The van der Waals surface area contributed by atoms with Gasteiger partial charge in [-0.3, -0.25) is 4.99 Å². The first-order valence-electron chi connectivity index (χ1n) is 9.09. The number of ether oxygens (including phenoxy) is 2. The van der Waals surface area contributed by atoms with Gasteiger partial charge in [0, 0.05) is 53.1 Å². The van der Waals surface area contributed by atoms with Gasteiger partial charge >= 0.3 is 0 Å². The van der Waals surface area contributed by atoms with Crippen molar-refractivity contribution in [1.29, 1.82) is 0 Å². The highest BCUT2D eigenvalue weighted by atomic mass is 16.5. The van der Waals surface area contributed by atoms with Crippen LogP contribution in [0, 0.1) is 0 Å². The fraction of sp³-hybridized carbons (Fsp3) is 0.632. The van der Waals surface area contributed by atoms with Crippen LogP contribution >= 0.6 is 0 Å². The van der Waals surface area contributed by atoms with Crippen LogP contribution in [0.15, 0.2) is 29.3 Å². The quantitative estimate of drug-likeness (QED) is 0.406. The largest absolute Gasteiger partial charge is 0.379 e. The Morgan fingerprint density at radius 2 is 2.08 bits per heavy atom. The highest BCUT2D eigenvalue weighted by molar-refractivity contribution is 5.79. The predicted octanol–water partition coefficient (Wildman–Crippen LogP) is 2.00. The predicted molar refractivity (Wildman–Crippen MR) is 103 cm³/mol. The lowest BCUT2D eigenvalue weighted by atomic mass is 10.2. The molecule has 1 aromatic carbocycles. The molecule has 140 valence electrons. The van der Waals surface area contributed by atoms with Crippen LogP contribution < -0.4 is 15.5 Å². The Balaban J connectivity index is 1.57. The number of nitrogens with zero attached hydrogens (tertiary/aromatic N) is 2. The van der Waals surface area contributed by atoms with Crippen LogP contribution in [0.25, 0.3) is 0 Å². The summed E-state index contributed by atoms with van der Waals surface area (Å²) in [6.45, 7) is 3.94. The lowest BCUT2D eigenvalue weighted by Crippen LogP contribution is -2.37. The standard InChI is InChI=1S/C19H32N4O2/c1-20-19(21-11-5-12-24-15-18-6-4-13-25-18)22-14-16-7-9-17(10-8-16)23(2)3/h7-10,18H,4-6,11-15H2,1-3H3,(H2,20,21,22)/t18-/m1/s1. The number of anilines is 1. The van der Waals surface area contributed by atoms with Gasteiger partial charge in [0.15, 0.2) is 5.96 Å². The average molecular weight is 348 g/mol. The second-order valence-corrected chi connectivity index (χ2v) is 6.48. The summed E-state index contributed by atoms with van der Waals surface area (Å²) in [6.07, 6.45) is 3.55. The Kier molecular flexibility index (Phi) is 8.55. The SMILES string of the molecule is CN=C(NCCCOC[C@H]1CCCO1)NCc1ccc(N(C)C)cc1. The van der Waals surface area contributed by atoms with Gasteiger partial charge in [-0.05, 0) is 37.0 Å². The maximum absolute atomic E-state index is 5.66. The molecule has 0 amide bonds. The van der Waals surface area contributed by atoms with E-state index < -0.39 is 0 Å². The average Bonchev–Trinajstić information content (AvgIpc) is 3.14. The summed E-state index contributed by atoms with van der Waals surface area (Å²) < 4.78 is 11.2. The Labute approximate surface area is 151 Å². The van der Waals surface area contributed by atoms with Gasteiger partial charge in [0.25, 0.3) is 0 Å². The van der Waals surface area contributed by atoms with Crippen LogP contribution in [-0.4, -0.2) is 59.6 Å². The molecule has 0 aromatic heterocycles. The van der Waals surface area contributed by atoms with Crippen molar-refractivity contribution < 1.29 is 9.47 Å². The Hall–Kier alpha value is -1.79. The second kappa shape index (κ2) is 10.9. The zero-order valence-corrected chi connectivity index (χ0v) is 15.8. The van der Waals surface area contributed by atoms with E-state index >= 15 is 0 Å². The summed E-state index contributed by atoms with van der Waals surface area (Å²) in [4.78, 5) is 6.35. The van der Waals surface area contributed by atoms with Gasteiger partial charge in [-0.2, -0.15) is 0 Å². The van der Waals surface area contributed by atoms with Crippen molar-refractivity contribution in [2.75, 3.05) is 52.4 Å². The first-order valence-corrected chi connectivity index (χ1v) is 9.09. The van der Waals surface area contributed by atoms with Crippen molar-refractivity contribution in [3.8, 4) is 0 Å². The molecule has 1 aromatic rings.